The Labute approximate surface area is 115 Å². The number of pyridine rings is 1. The van der Waals surface area contributed by atoms with Crippen molar-refractivity contribution in [3.63, 3.8) is 0 Å². The lowest BCUT2D eigenvalue weighted by molar-refractivity contribution is 0.591. The summed E-state index contributed by atoms with van der Waals surface area (Å²) in [7, 11) is 0. The monoisotopic (exact) mass is 271 g/mol. The summed E-state index contributed by atoms with van der Waals surface area (Å²) in [6, 6.07) is 5.84. The lowest BCUT2D eigenvalue weighted by Gasteiger charge is -2.06. The number of nitrogens with zero attached hydrogens (tertiary/aromatic N) is 5. The second-order valence-corrected chi connectivity index (χ2v) is 5.43. The molecule has 3 rings (SSSR count). The van der Waals surface area contributed by atoms with Gasteiger partial charge in [-0.3, -0.25) is 0 Å². The average Bonchev–Trinajstić information content (AvgIpc) is 2.68. The highest BCUT2D eigenvalue weighted by Crippen LogP contribution is 2.29. The van der Waals surface area contributed by atoms with Gasteiger partial charge in [0, 0.05) is 19.2 Å². The van der Waals surface area contributed by atoms with Crippen LogP contribution >= 0.6 is 11.8 Å². The fourth-order valence-electron chi connectivity index (χ4n) is 2.19. The van der Waals surface area contributed by atoms with E-state index in [1.54, 1.807) is 6.20 Å². The minimum Gasteiger partial charge on any atom is -0.306 e. The number of hydrogen-bond acceptors (Lipinski definition) is 5. The quantitative estimate of drug-likeness (QED) is 0.839. The van der Waals surface area contributed by atoms with Crippen molar-refractivity contribution >= 4 is 11.8 Å². The van der Waals surface area contributed by atoms with E-state index in [4.69, 9.17) is 5.26 Å². The van der Waals surface area contributed by atoms with Gasteiger partial charge in [0.15, 0.2) is 10.9 Å². The fraction of sp³-hybridized carbons (Fsp3) is 0.385. The summed E-state index contributed by atoms with van der Waals surface area (Å²) in [5.74, 6) is 1.06. The summed E-state index contributed by atoms with van der Waals surface area (Å²) in [4.78, 5) is 4.91. The van der Waals surface area contributed by atoms with Gasteiger partial charge in [0.1, 0.15) is 11.9 Å². The van der Waals surface area contributed by atoms with E-state index in [1.807, 2.05) is 12.1 Å². The fourth-order valence-corrected chi connectivity index (χ4v) is 3.12. The molecule has 0 N–H and O–H groups in total. The maximum atomic E-state index is 9.06. The normalized spacial score (nSPS) is 14.5. The van der Waals surface area contributed by atoms with Crippen molar-refractivity contribution in [3.05, 3.63) is 29.8 Å². The predicted octanol–water partition coefficient (Wildman–Crippen LogP) is 2.42. The second kappa shape index (κ2) is 5.41. The topological polar surface area (TPSA) is 67.4 Å². The van der Waals surface area contributed by atoms with Crippen LogP contribution in [-0.2, 0) is 13.0 Å². The van der Waals surface area contributed by atoms with Gasteiger partial charge < -0.3 is 4.57 Å². The zero-order chi connectivity index (χ0) is 13.1. The highest BCUT2D eigenvalue weighted by molar-refractivity contribution is 7.99. The summed E-state index contributed by atoms with van der Waals surface area (Å²) in [5.41, 5.74) is 0.443. The third-order valence-corrected chi connectivity index (χ3v) is 4.19. The first-order valence-corrected chi connectivity index (χ1v) is 7.15. The molecule has 2 aromatic heterocycles. The highest BCUT2D eigenvalue weighted by atomic mass is 32.2. The van der Waals surface area contributed by atoms with Gasteiger partial charge in [0.05, 0.1) is 4.90 Å². The van der Waals surface area contributed by atoms with E-state index in [0.29, 0.717) is 5.69 Å². The van der Waals surface area contributed by atoms with Crippen molar-refractivity contribution in [2.45, 2.75) is 42.3 Å². The van der Waals surface area contributed by atoms with E-state index < -0.39 is 0 Å². The van der Waals surface area contributed by atoms with Gasteiger partial charge in [-0.1, -0.05) is 6.42 Å². The maximum Gasteiger partial charge on any atom is 0.196 e. The van der Waals surface area contributed by atoms with Crippen LogP contribution in [0.1, 0.15) is 30.8 Å². The van der Waals surface area contributed by atoms with E-state index in [9.17, 15) is 0 Å². The lowest BCUT2D eigenvalue weighted by atomic mass is 10.2. The Morgan fingerprint density at radius 1 is 1.26 bits per heavy atom. The average molecular weight is 271 g/mol. The molecular weight excluding hydrogens is 258 g/mol. The molecule has 1 aliphatic rings. The Kier molecular flexibility index (Phi) is 3.47. The van der Waals surface area contributed by atoms with Crippen LogP contribution in [-0.4, -0.2) is 19.7 Å². The van der Waals surface area contributed by atoms with E-state index >= 15 is 0 Å². The van der Waals surface area contributed by atoms with Crippen LogP contribution in [0.25, 0.3) is 0 Å². The second-order valence-electron chi connectivity index (χ2n) is 4.43. The highest BCUT2D eigenvalue weighted by Gasteiger charge is 2.16. The first kappa shape index (κ1) is 12.2. The Morgan fingerprint density at radius 2 is 2.21 bits per heavy atom. The Morgan fingerprint density at radius 3 is 3.11 bits per heavy atom. The van der Waals surface area contributed by atoms with Crippen LogP contribution in [0.15, 0.2) is 28.4 Å². The number of nitriles is 1. The molecule has 19 heavy (non-hydrogen) atoms. The first-order valence-electron chi connectivity index (χ1n) is 6.33. The van der Waals surface area contributed by atoms with Crippen molar-refractivity contribution in [2.75, 3.05) is 0 Å². The van der Waals surface area contributed by atoms with Gasteiger partial charge in [0.2, 0.25) is 0 Å². The van der Waals surface area contributed by atoms with Crippen molar-refractivity contribution in [1.29, 1.82) is 5.26 Å². The van der Waals surface area contributed by atoms with Gasteiger partial charge in [-0.2, -0.15) is 5.26 Å². The molecule has 0 unspecified atom stereocenters. The van der Waals surface area contributed by atoms with E-state index in [1.165, 1.54) is 24.6 Å². The molecule has 2 aromatic rings. The van der Waals surface area contributed by atoms with Gasteiger partial charge >= 0.3 is 0 Å². The molecule has 0 fully saturated rings. The molecule has 6 heteroatoms. The van der Waals surface area contributed by atoms with Crippen LogP contribution in [0.5, 0.6) is 0 Å². The molecule has 3 heterocycles. The number of aromatic nitrogens is 4. The zero-order valence-corrected chi connectivity index (χ0v) is 11.2. The van der Waals surface area contributed by atoms with Crippen LogP contribution in [0.2, 0.25) is 0 Å². The number of aryl methyl sites for hydroxylation is 1. The standard InChI is InChI=1S/C13H13N5S/c14-9-10-11(5-4-7-15-10)19-13-17-16-12-6-2-1-3-8-18(12)13/h4-5,7H,1-3,6,8H2. The van der Waals surface area contributed by atoms with E-state index in [2.05, 4.69) is 25.8 Å². The van der Waals surface area contributed by atoms with Crippen LogP contribution in [0.3, 0.4) is 0 Å². The smallest absolute Gasteiger partial charge is 0.196 e. The number of hydrogen-bond donors (Lipinski definition) is 0. The third kappa shape index (κ3) is 2.47. The molecule has 0 saturated carbocycles. The molecule has 96 valence electrons. The van der Waals surface area contributed by atoms with Crippen LogP contribution < -0.4 is 0 Å². The predicted molar refractivity (Wildman–Crippen MR) is 70.7 cm³/mol. The Bertz CT molecular complexity index is 628. The number of rotatable bonds is 2. The molecule has 0 aromatic carbocycles. The molecule has 5 nitrogen and oxygen atoms in total. The first-order chi connectivity index (χ1) is 9.38. The van der Waals surface area contributed by atoms with Gasteiger partial charge in [-0.15, -0.1) is 10.2 Å². The van der Waals surface area contributed by atoms with Crippen molar-refractivity contribution in [2.24, 2.45) is 0 Å². The lowest BCUT2D eigenvalue weighted by Crippen LogP contribution is -2.02. The zero-order valence-electron chi connectivity index (χ0n) is 10.4. The largest absolute Gasteiger partial charge is 0.306 e. The van der Waals surface area contributed by atoms with Crippen molar-refractivity contribution in [3.8, 4) is 6.07 Å². The van der Waals surface area contributed by atoms with Crippen LogP contribution in [0.4, 0.5) is 0 Å². The molecule has 0 amide bonds. The maximum absolute atomic E-state index is 9.06. The Balaban J connectivity index is 1.92. The van der Waals surface area contributed by atoms with Crippen LogP contribution in [0, 0.1) is 11.3 Å². The summed E-state index contributed by atoms with van der Waals surface area (Å²) >= 11 is 1.47. The molecule has 0 aliphatic carbocycles. The third-order valence-electron chi connectivity index (χ3n) is 3.15. The van der Waals surface area contributed by atoms with Gasteiger partial charge in [0.25, 0.3) is 0 Å². The Hall–Kier alpha value is -1.87. The molecule has 0 bridgehead atoms. The molecular formula is C13H13N5S. The minimum atomic E-state index is 0.443. The van der Waals surface area contributed by atoms with E-state index in [0.717, 1.165) is 35.3 Å². The molecule has 0 atom stereocenters. The molecule has 0 saturated heterocycles. The molecule has 1 aliphatic heterocycles. The summed E-state index contributed by atoms with van der Waals surface area (Å²) in [6.45, 7) is 0.965. The molecule has 0 radical (unpaired) electrons. The number of fused-ring (bicyclic) bond motifs is 1. The van der Waals surface area contributed by atoms with Gasteiger partial charge in [-0.05, 0) is 36.7 Å². The summed E-state index contributed by atoms with van der Waals surface area (Å²) in [5, 5.41) is 18.4. The van der Waals surface area contributed by atoms with E-state index in [-0.39, 0.29) is 0 Å². The van der Waals surface area contributed by atoms with Crippen molar-refractivity contribution in [1.82, 2.24) is 19.7 Å². The van der Waals surface area contributed by atoms with Crippen molar-refractivity contribution < 1.29 is 0 Å². The molecule has 0 spiro atoms. The van der Waals surface area contributed by atoms with Gasteiger partial charge in [-0.25, -0.2) is 4.98 Å². The summed E-state index contributed by atoms with van der Waals surface area (Å²) < 4.78 is 2.17. The minimum absolute atomic E-state index is 0.443. The SMILES string of the molecule is N#Cc1ncccc1Sc1nnc2n1CCCCC2. The summed E-state index contributed by atoms with van der Waals surface area (Å²) in [6.07, 6.45) is 6.21.